The number of Topliss-reactive ketones (excluding diaryl/α,β-unsaturated/α-hetero) is 1. The van der Waals surface area contributed by atoms with E-state index in [1.54, 1.807) is 23.5 Å². The van der Waals surface area contributed by atoms with Gasteiger partial charge in [-0.1, -0.05) is 24.3 Å². The molecule has 1 amide bonds. The van der Waals surface area contributed by atoms with Crippen molar-refractivity contribution in [3.05, 3.63) is 35.4 Å². The lowest BCUT2D eigenvalue weighted by Gasteiger charge is -2.12. The van der Waals surface area contributed by atoms with E-state index in [-0.39, 0.29) is 6.42 Å². The Kier molecular flexibility index (Phi) is 2.65. The number of alkyl halides is 3. The van der Waals surface area contributed by atoms with Gasteiger partial charge in [0.1, 0.15) is 0 Å². The third-order valence-corrected chi connectivity index (χ3v) is 2.59. The standard InChI is InChI=1S/C11H8F3NO2/c12-11(13,14)10(17)15-8-5-6-3-1-2-4-7(6)9(8)16/h1-4,8H,5H2,(H,15,17)/t8-/m0/s1. The molecule has 1 aromatic carbocycles. The summed E-state index contributed by atoms with van der Waals surface area (Å²) in [5.74, 6) is -2.55. The second-order valence-corrected chi connectivity index (χ2v) is 3.75. The first-order valence-corrected chi connectivity index (χ1v) is 4.89. The minimum atomic E-state index is -4.96. The van der Waals surface area contributed by atoms with E-state index >= 15 is 0 Å². The zero-order valence-electron chi connectivity index (χ0n) is 8.54. The molecule has 90 valence electrons. The van der Waals surface area contributed by atoms with Gasteiger partial charge in [-0.3, -0.25) is 9.59 Å². The summed E-state index contributed by atoms with van der Waals surface area (Å²) in [6, 6.07) is 5.41. The lowest BCUT2D eigenvalue weighted by atomic mass is 10.1. The van der Waals surface area contributed by atoms with Crippen molar-refractivity contribution < 1.29 is 22.8 Å². The van der Waals surface area contributed by atoms with Crippen molar-refractivity contribution >= 4 is 11.7 Å². The van der Waals surface area contributed by atoms with Crippen molar-refractivity contribution in [2.75, 3.05) is 0 Å². The van der Waals surface area contributed by atoms with Gasteiger partial charge in [-0.05, 0) is 5.56 Å². The van der Waals surface area contributed by atoms with E-state index in [0.717, 1.165) is 0 Å². The molecular formula is C11H8F3NO2. The van der Waals surface area contributed by atoms with Crippen molar-refractivity contribution in [3.8, 4) is 0 Å². The molecule has 6 heteroatoms. The van der Waals surface area contributed by atoms with E-state index in [4.69, 9.17) is 0 Å². The molecule has 0 aliphatic heterocycles. The van der Waals surface area contributed by atoms with Crippen LogP contribution in [0, 0.1) is 0 Å². The molecule has 0 aromatic heterocycles. The molecule has 2 rings (SSSR count). The first kappa shape index (κ1) is 11.6. The molecule has 1 aliphatic rings. The molecule has 0 unspecified atom stereocenters. The summed E-state index contributed by atoms with van der Waals surface area (Å²) in [7, 11) is 0. The Morgan fingerprint density at radius 1 is 1.29 bits per heavy atom. The summed E-state index contributed by atoms with van der Waals surface area (Å²) < 4.78 is 36.1. The van der Waals surface area contributed by atoms with Crippen LogP contribution in [0.15, 0.2) is 24.3 Å². The first-order chi connectivity index (χ1) is 7.89. The zero-order valence-corrected chi connectivity index (χ0v) is 8.54. The smallest absolute Gasteiger partial charge is 0.338 e. The Morgan fingerprint density at radius 2 is 1.94 bits per heavy atom. The number of benzene rings is 1. The quantitative estimate of drug-likeness (QED) is 0.811. The average molecular weight is 243 g/mol. The van der Waals surface area contributed by atoms with Gasteiger partial charge in [0.15, 0.2) is 5.78 Å². The van der Waals surface area contributed by atoms with Crippen molar-refractivity contribution in [2.45, 2.75) is 18.6 Å². The second kappa shape index (κ2) is 3.87. The molecule has 0 fully saturated rings. The summed E-state index contributed by atoms with van der Waals surface area (Å²) in [6.45, 7) is 0. The fourth-order valence-electron chi connectivity index (χ4n) is 1.80. The van der Waals surface area contributed by atoms with Gasteiger partial charge in [0, 0.05) is 12.0 Å². The highest BCUT2D eigenvalue weighted by Crippen LogP contribution is 2.23. The molecule has 0 saturated carbocycles. The maximum absolute atomic E-state index is 12.0. The number of ketones is 1. The SMILES string of the molecule is O=C1c2ccccc2C[C@@H]1NC(=O)C(F)(F)F. The first-order valence-electron chi connectivity index (χ1n) is 4.89. The number of halogens is 3. The fraction of sp³-hybridized carbons (Fsp3) is 0.273. The summed E-state index contributed by atoms with van der Waals surface area (Å²) in [4.78, 5) is 22.4. The molecule has 0 saturated heterocycles. The third kappa shape index (κ3) is 2.15. The van der Waals surface area contributed by atoms with Gasteiger partial charge >= 0.3 is 12.1 Å². The van der Waals surface area contributed by atoms with Crippen LogP contribution < -0.4 is 5.32 Å². The van der Waals surface area contributed by atoms with Crippen LogP contribution in [0.4, 0.5) is 13.2 Å². The third-order valence-electron chi connectivity index (χ3n) is 2.59. The molecular weight excluding hydrogens is 235 g/mol. The summed E-state index contributed by atoms with van der Waals surface area (Å²) in [5.41, 5.74) is 1.03. The predicted molar refractivity (Wildman–Crippen MR) is 52.5 cm³/mol. The molecule has 0 heterocycles. The highest BCUT2D eigenvalue weighted by Gasteiger charge is 2.42. The van der Waals surface area contributed by atoms with E-state index < -0.39 is 23.9 Å². The van der Waals surface area contributed by atoms with E-state index in [9.17, 15) is 22.8 Å². The molecule has 1 atom stereocenters. The van der Waals surface area contributed by atoms with Gasteiger partial charge in [0.25, 0.3) is 0 Å². The summed E-state index contributed by atoms with van der Waals surface area (Å²) >= 11 is 0. The summed E-state index contributed by atoms with van der Waals surface area (Å²) in [5, 5.41) is 1.70. The molecule has 1 aliphatic carbocycles. The minimum Gasteiger partial charge on any atom is -0.338 e. The molecule has 1 N–H and O–H groups in total. The van der Waals surface area contributed by atoms with Crippen molar-refractivity contribution in [1.29, 1.82) is 0 Å². The van der Waals surface area contributed by atoms with Gasteiger partial charge in [0.2, 0.25) is 0 Å². The normalized spacial score (nSPS) is 19.0. The molecule has 1 aromatic rings. The van der Waals surface area contributed by atoms with Crippen LogP contribution in [0.5, 0.6) is 0 Å². The molecule has 0 spiro atoms. The largest absolute Gasteiger partial charge is 0.471 e. The fourth-order valence-corrected chi connectivity index (χ4v) is 1.80. The van der Waals surface area contributed by atoms with Gasteiger partial charge < -0.3 is 5.32 Å². The van der Waals surface area contributed by atoms with Crippen LogP contribution in [0.1, 0.15) is 15.9 Å². The second-order valence-electron chi connectivity index (χ2n) is 3.75. The van der Waals surface area contributed by atoms with Gasteiger partial charge in [0.05, 0.1) is 6.04 Å². The number of nitrogens with one attached hydrogen (secondary N) is 1. The Bertz CT molecular complexity index is 482. The maximum atomic E-state index is 12.0. The number of carbonyl (C=O) groups excluding carboxylic acids is 2. The van der Waals surface area contributed by atoms with Crippen LogP contribution in [-0.4, -0.2) is 23.9 Å². The van der Waals surface area contributed by atoms with Gasteiger partial charge in [-0.2, -0.15) is 13.2 Å². The van der Waals surface area contributed by atoms with Crippen LogP contribution in [0.3, 0.4) is 0 Å². The Labute approximate surface area is 94.6 Å². The Hall–Kier alpha value is -1.85. The van der Waals surface area contributed by atoms with Crippen LogP contribution in [0.2, 0.25) is 0 Å². The molecule has 17 heavy (non-hydrogen) atoms. The number of rotatable bonds is 1. The van der Waals surface area contributed by atoms with Crippen LogP contribution in [-0.2, 0) is 11.2 Å². The average Bonchev–Trinajstić information content (AvgIpc) is 2.55. The minimum absolute atomic E-state index is 0.108. The highest BCUT2D eigenvalue weighted by molar-refractivity contribution is 6.06. The molecule has 0 bridgehead atoms. The molecule has 0 radical (unpaired) electrons. The van der Waals surface area contributed by atoms with E-state index in [1.807, 2.05) is 0 Å². The lowest BCUT2D eigenvalue weighted by molar-refractivity contribution is -0.174. The van der Waals surface area contributed by atoms with Crippen LogP contribution >= 0.6 is 0 Å². The van der Waals surface area contributed by atoms with Gasteiger partial charge in [-0.15, -0.1) is 0 Å². The van der Waals surface area contributed by atoms with Crippen molar-refractivity contribution in [2.24, 2.45) is 0 Å². The number of fused-ring (bicyclic) bond motifs is 1. The van der Waals surface area contributed by atoms with Crippen LogP contribution in [0.25, 0.3) is 0 Å². The number of carbonyl (C=O) groups is 2. The van der Waals surface area contributed by atoms with E-state index in [1.165, 1.54) is 6.07 Å². The number of hydrogen-bond acceptors (Lipinski definition) is 2. The van der Waals surface area contributed by atoms with Crippen molar-refractivity contribution in [1.82, 2.24) is 5.32 Å². The van der Waals surface area contributed by atoms with Crippen molar-refractivity contribution in [3.63, 3.8) is 0 Å². The summed E-state index contributed by atoms with van der Waals surface area (Å²) in [6.07, 6.45) is -4.86. The monoisotopic (exact) mass is 243 g/mol. The highest BCUT2D eigenvalue weighted by atomic mass is 19.4. The van der Waals surface area contributed by atoms with Gasteiger partial charge in [-0.25, -0.2) is 0 Å². The number of amides is 1. The van der Waals surface area contributed by atoms with E-state index in [0.29, 0.717) is 11.1 Å². The Morgan fingerprint density at radius 3 is 2.53 bits per heavy atom. The zero-order chi connectivity index (χ0) is 12.6. The number of hydrogen-bond donors (Lipinski definition) is 1. The molecule has 3 nitrogen and oxygen atoms in total. The predicted octanol–water partition coefficient (Wildman–Crippen LogP) is 1.47. The maximum Gasteiger partial charge on any atom is 0.471 e. The topological polar surface area (TPSA) is 46.2 Å². The Balaban J connectivity index is 2.14. The van der Waals surface area contributed by atoms with E-state index in [2.05, 4.69) is 0 Å². The lowest BCUT2D eigenvalue weighted by Crippen LogP contribution is -2.45.